The molecule has 1 saturated carbocycles. The molecule has 0 saturated heterocycles. The molecule has 0 aromatic carbocycles. The zero-order chi connectivity index (χ0) is 14.1. The van der Waals surface area contributed by atoms with Crippen molar-refractivity contribution in [3.8, 4) is 0 Å². The first-order chi connectivity index (χ1) is 9.65. The monoisotopic (exact) mass is 333 g/mol. The van der Waals surface area contributed by atoms with Gasteiger partial charge in [0.2, 0.25) is 0 Å². The molecule has 3 rings (SSSR count). The van der Waals surface area contributed by atoms with E-state index in [-0.39, 0.29) is 5.91 Å². The van der Waals surface area contributed by atoms with Gasteiger partial charge in [0.25, 0.3) is 5.91 Å². The summed E-state index contributed by atoms with van der Waals surface area (Å²) in [6, 6.07) is 6.26. The summed E-state index contributed by atoms with van der Waals surface area (Å²) in [7, 11) is 1.83. The Kier molecular flexibility index (Phi) is 3.61. The third-order valence-electron chi connectivity index (χ3n) is 3.49. The van der Waals surface area contributed by atoms with Crippen molar-refractivity contribution >= 4 is 21.8 Å². The van der Waals surface area contributed by atoms with E-state index < -0.39 is 0 Å². The van der Waals surface area contributed by atoms with Crippen LogP contribution in [0.1, 0.15) is 34.9 Å². The molecule has 0 N–H and O–H groups in total. The molecule has 104 valence electrons. The highest BCUT2D eigenvalue weighted by Gasteiger charge is 2.28. The van der Waals surface area contributed by atoms with Gasteiger partial charge in [0.15, 0.2) is 0 Å². The van der Waals surface area contributed by atoms with Gasteiger partial charge < -0.3 is 9.47 Å². The Morgan fingerprint density at radius 2 is 2.15 bits per heavy atom. The summed E-state index contributed by atoms with van der Waals surface area (Å²) >= 11 is 3.46. The van der Waals surface area contributed by atoms with Crippen LogP contribution in [0, 0.1) is 0 Å². The molecule has 0 atom stereocenters. The first-order valence-corrected chi connectivity index (χ1v) is 7.46. The van der Waals surface area contributed by atoms with Crippen LogP contribution in [0.15, 0.2) is 41.3 Å². The highest BCUT2D eigenvalue weighted by atomic mass is 79.9. The number of amides is 1. The molecule has 0 unspecified atom stereocenters. The smallest absolute Gasteiger partial charge is 0.270 e. The molecule has 1 aliphatic carbocycles. The van der Waals surface area contributed by atoms with Gasteiger partial charge in [-0.3, -0.25) is 9.78 Å². The molecule has 0 radical (unpaired) electrons. The van der Waals surface area contributed by atoms with Crippen LogP contribution >= 0.6 is 15.9 Å². The normalized spacial score (nSPS) is 14.3. The van der Waals surface area contributed by atoms with Gasteiger partial charge in [0.1, 0.15) is 5.69 Å². The van der Waals surface area contributed by atoms with Gasteiger partial charge in [-0.2, -0.15) is 0 Å². The van der Waals surface area contributed by atoms with Gasteiger partial charge >= 0.3 is 0 Å². The summed E-state index contributed by atoms with van der Waals surface area (Å²) in [6.07, 6.45) is 7.82. The number of nitrogens with zero attached hydrogens (tertiary/aromatic N) is 3. The van der Waals surface area contributed by atoms with E-state index in [9.17, 15) is 4.79 Å². The Labute approximate surface area is 126 Å². The number of rotatable bonds is 4. The highest BCUT2D eigenvalue weighted by Crippen LogP contribution is 2.37. The van der Waals surface area contributed by atoms with Crippen LogP contribution in [0.4, 0.5) is 0 Å². The topological polar surface area (TPSA) is 38.1 Å². The van der Waals surface area contributed by atoms with Crippen molar-refractivity contribution in [1.29, 1.82) is 0 Å². The Bertz CT molecular complexity index is 619. The first-order valence-electron chi connectivity index (χ1n) is 6.67. The lowest BCUT2D eigenvalue weighted by Crippen LogP contribution is -2.28. The van der Waals surface area contributed by atoms with Crippen LogP contribution in [0.2, 0.25) is 0 Å². The van der Waals surface area contributed by atoms with Gasteiger partial charge in [0.05, 0.1) is 0 Å². The third-order valence-corrected chi connectivity index (χ3v) is 3.92. The second-order valence-corrected chi connectivity index (χ2v) is 6.11. The number of hydrogen-bond acceptors (Lipinski definition) is 2. The SMILES string of the molecule is CN(Cc1ccncc1)C(=O)c1cc(Br)cn1C1CC1. The van der Waals surface area contributed by atoms with Crippen LogP contribution in [-0.4, -0.2) is 27.4 Å². The maximum atomic E-state index is 12.6. The molecule has 1 fully saturated rings. The number of halogens is 1. The molecule has 2 aromatic heterocycles. The lowest BCUT2D eigenvalue weighted by molar-refractivity contribution is 0.0774. The minimum atomic E-state index is 0.0550. The van der Waals surface area contributed by atoms with Crippen LogP contribution in [0.5, 0.6) is 0 Å². The lowest BCUT2D eigenvalue weighted by atomic mass is 10.2. The van der Waals surface area contributed by atoms with E-state index in [0.717, 1.165) is 28.6 Å². The standard InChI is InChI=1S/C15H16BrN3O/c1-18(9-11-4-6-17-7-5-11)15(20)14-8-12(16)10-19(14)13-2-3-13/h4-8,10,13H,2-3,9H2,1H3. The summed E-state index contributed by atoms with van der Waals surface area (Å²) in [4.78, 5) is 18.3. The van der Waals surface area contributed by atoms with E-state index in [1.54, 1.807) is 17.3 Å². The average Bonchev–Trinajstić information content (AvgIpc) is 3.22. The van der Waals surface area contributed by atoms with E-state index in [0.29, 0.717) is 12.6 Å². The predicted molar refractivity (Wildman–Crippen MR) is 80.4 cm³/mol. The largest absolute Gasteiger partial charge is 0.339 e. The average molecular weight is 334 g/mol. The Balaban J connectivity index is 1.78. The van der Waals surface area contributed by atoms with Gasteiger partial charge in [-0.1, -0.05) is 0 Å². The summed E-state index contributed by atoms with van der Waals surface area (Å²) < 4.78 is 3.06. The van der Waals surface area contributed by atoms with Crippen LogP contribution in [0.25, 0.3) is 0 Å². The molecule has 0 bridgehead atoms. The molecule has 4 nitrogen and oxygen atoms in total. The Hall–Kier alpha value is -1.62. The Morgan fingerprint density at radius 3 is 2.80 bits per heavy atom. The fourth-order valence-electron chi connectivity index (χ4n) is 2.30. The number of pyridine rings is 1. The minimum absolute atomic E-state index is 0.0550. The van der Waals surface area contributed by atoms with Crippen molar-refractivity contribution in [3.05, 3.63) is 52.5 Å². The molecule has 0 aliphatic heterocycles. The third kappa shape index (κ3) is 2.77. The summed E-state index contributed by atoms with van der Waals surface area (Å²) in [6.45, 7) is 0.592. The van der Waals surface area contributed by atoms with Gasteiger partial charge in [-0.05, 0) is 52.5 Å². The van der Waals surface area contributed by atoms with Crippen molar-refractivity contribution in [1.82, 2.24) is 14.5 Å². The highest BCUT2D eigenvalue weighted by molar-refractivity contribution is 9.10. The summed E-state index contributed by atoms with van der Waals surface area (Å²) in [5.74, 6) is 0.0550. The molecule has 2 aromatic rings. The van der Waals surface area contributed by atoms with Crippen molar-refractivity contribution in [2.24, 2.45) is 0 Å². The molecule has 1 amide bonds. The van der Waals surface area contributed by atoms with E-state index in [4.69, 9.17) is 0 Å². The van der Waals surface area contributed by atoms with E-state index in [1.807, 2.05) is 31.4 Å². The quantitative estimate of drug-likeness (QED) is 0.861. The fourth-order valence-corrected chi connectivity index (χ4v) is 2.74. The zero-order valence-electron chi connectivity index (χ0n) is 11.3. The van der Waals surface area contributed by atoms with Gasteiger partial charge in [-0.15, -0.1) is 0 Å². The molecule has 2 heterocycles. The minimum Gasteiger partial charge on any atom is -0.339 e. The van der Waals surface area contributed by atoms with Crippen molar-refractivity contribution in [3.63, 3.8) is 0 Å². The Morgan fingerprint density at radius 1 is 1.45 bits per heavy atom. The number of hydrogen-bond donors (Lipinski definition) is 0. The molecular weight excluding hydrogens is 318 g/mol. The maximum absolute atomic E-state index is 12.6. The van der Waals surface area contributed by atoms with Crippen LogP contribution in [-0.2, 0) is 6.54 Å². The maximum Gasteiger partial charge on any atom is 0.270 e. The number of aromatic nitrogens is 2. The van der Waals surface area contributed by atoms with Gasteiger partial charge in [0, 0.05) is 42.7 Å². The second kappa shape index (κ2) is 5.40. The molecule has 0 spiro atoms. The predicted octanol–water partition coefficient (Wildman–Crippen LogP) is 3.25. The van der Waals surface area contributed by atoms with E-state index in [2.05, 4.69) is 25.5 Å². The van der Waals surface area contributed by atoms with Crippen molar-refractivity contribution in [2.45, 2.75) is 25.4 Å². The van der Waals surface area contributed by atoms with Crippen LogP contribution < -0.4 is 0 Å². The zero-order valence-corrected chi connectivity index (χ0v) is 12.9. The molecule has 1 aliphatic rings. The summed E-state index contributed by atoms with van der Waals surface area (Å²) in [5, 5.41) is 0. The molecular formula is C15H16BrN3O. The van der Waals surface area contributed by atoms with Crippen molar-refractivity contribution in [2.75, 3.05) is 7.05 Å². The van der Waals surface area contributed by atoms with Gasteiger partial charge in [-0.25, -0.2) is 0 Å². The first kappa shape index (κ1) is 13.4. The fraction of sp³-hybridized carbons (Fsp3) is 0.333. The lowest BCUT2D eigenvalue weighted by Gasteiger charge is -2.18. The van der Waals surface area contributed by atoms with Crippen molar-refractivity contribution < 1.29 is 4.79 Å². The second-order valence-electron chi connectivity index (χ2n) is 5.20. The molecule has 20 heavy (non-hydrogen) atoms. The molecule has 5 heteroatoms. The van der Waals surface area contributed by atoms with E-state index >= 15 is 0 Å². The van der Waals surface area contributed by atoms with E-state index in [1.165, 1.54) is 0 Å². The number of carbonyl (C=O) groups is 1. The summed E-state index contributed by atoms with van der Waals surface area (Å²) in [5.41, 5.74) is 1.84. The van der Waals surface area contributed by atoms with Crippen LogP contribution in [0.3, 0.4) is 0 Å². The number of carbonyl (C=O) groups excluding carboxylic acids is 1.